The monoisotopic (exact) mass is 239 g/mol. The number of hydrogen-bond acceptors (Lipinski definition) is 3. The van der Waals surface area contributed by atoms with Crippen molar-refractivity contribution in [1.29, 1.82) is 0 Å². The van der Waals surface area contributed by atoms with Crippen LogP contribution in [0.3, 0.4) is 0 Å². The molecule has 0 aliphatic rings. The summed E-state index contributed by atoms with van der Waals surface area (Å²) in [5.41, 5.74) is 0. The standard InChI is InChI=1S/C12H17NO2S/c1-3-11(13(14)15)12(4-2)16-10-8-6-5-7-9-10/h5-9,11-12H,3-4H2,1-2H3/t11-,12+/m1/s1. The molecule has 0 heterocycles. The van der Waals surface area contributed by atoms with Crippen molar-refractivity contribution in [3.63, 3.8) is 0 Å². The quantitative estimate of drug-likeness (QED) is 0.432. The SMILES string of the molecule is CC[C@H](Sc1ccccc1)[C@@H](CC)[N+](=O)[O-]. The lowest BCUT2D eigenvalue weighted by atomic mass is 10.1. The van der Waals surface area contributed by atoms with Crippen LogP contribution in [0, 0.1) is 10.1 Å². The van der Waals surface area contributed by atoms with Gasteiger partial charge in [0, 0.05) is 16.2 Å². The first-order chi connectivity index (χ1) is 7.69. The first kappa shape index (κ1) is 13.0. The highest BCUT2D eigenvalue weighted by molar-refractivity contribution is 8.00. The van der Waals surface area contributed by atoms with E-state index in [4.69, 9.17) is 0 Å². The van der Waals surface area contributed by atoms with E-state index in [-0.39, 0.29) is 10.2 Å². The fourth-order valence-corrected chi connectivity index (χ4v) is 2.93. The molecule has 0 saturated carbocycles. The molecular formula is C12H17NO2S. The maximum absolute atomic E-state index is 10.9. The number of nitro groups is 1. The second-order valence-electron chi connectivity index (χ2n) is 3.64. The van der Waals surface area contributed by atoms with Crippen LogP contribution in [-0.4, -0.2) is 16.2 Å². The molecule has 0 spiro atoms. The maximum atomic E-state index is 10.9. The topological polar surface area (TPSA) is 43.1 Å². The Hall–Kier alpha value is -1.03. The Bertz CT molecular complexity index is 329. The van der Waals surface area contributed by atoms with Gasteiger partial charge >= 0.3 is 0 Å². The maximum Gasteiger partial charge on any atom is 0.224 e. The summed E-state index contributed by atoms with van der Waals surface area (Å²) in [7, 11) is 0. The van der Waals surface area contributed by atoms with E-state index < -0.39 is 6.04 Å². The van der Waals surface area contributed by atoms with Gasteiger partial charge in [-0.25, -0.2) is 0 Å². The average Bonchev–Trinajstić information content (AvgIpc) is 2.29. The summed E-state index contributed by atoms with van der Waals surface area (Å²) >= 11 is 1.61. The Kier molecular flexibility index (Phi) is 5.32. The molecule has 0 amide bonds. The number of rotatable bonds is 6. The molecule has 0 unspecified atom stereocenters. The minimum Gasteiger partial charge on any atom is -0.264 e. The Morgan fingerprint density at radius 1 is 1.25 bits per heavy atom. The molecule has 88 valence electrons. The number of hydrogen-bond donors (Lipinski definition) is 0. The highest BCUT2D eigenvalue weighted by atomic mass is 32.2. The van der Waals surface area contributed by atoms with Crippen molar-refractivity contribution in [1.82, 2.24) is 0 Å². The van der Waals surface area contributed by atoms with Gasteiger partial charge in [-0.1, -0.05) is 32.0 Å². The largest absolute Gasteiger partial charge is 0.264 e. The highest BCUT2D eigenvalue weighted by Crippen LogP contribution is 2.29. The molecule has 0 radical (unpaired) electrons. The summed E-state index contributed by atoms with van der Waals surface area (Å²) < 4.78 is 0. The van der Waals surface area contributed by atoms with Gasteiger partial charge in [0.25, 0.3) is 0 Å². The van der Waals surface area contributed by atoms with E-state index >= 15 is 0 Å². The van der Waals surface area contributed by atoms with E-state index in [9.17, 15) is 10.1 Å². The van der Waals surface area contributed by atoms with Gasteiger partial charge in [-0.3, -0.25) is 10.1 Å². The molecule has 0 fully saturated rings. The molecular weight excluding hydrogens is 222 g/mol. The minimum atomic E-state index is -0.449. The summed E-state index contributed by atoms with van der Waals surface area (Å²) in [6, 6.07) is 9.43. The first-order valence-electron chi connectivity index (χ1n) is 5.54. The van der Waals surface area contributed by atoms with Crippen LogP contribution in [0.5, 0.6) is 0 Å². The Morgan fingerprint density at radius 3 is 2.31 bits per heavy atom. The van der Waals surface area contributed by atoms with Crippen molar-refractivity contribution >= 4 is 11.8 Å². The third kappa shape index (κ3) is 3.52. The molecule has 3 nitrogen and oxygen atoms in total. The lowest BCUT2D eigenvalue weighted by molar-refractivity contribution is -0.522. The van der Waals surface area contributed by atoms with Gasteiger partial charge in [0.15, 0.2) is 0 Å². The van der Waals surface area contributed by atoms with Crippen LogP contribution in [0.4, 0.5) is 0 Å². The molecule has 0 aliphatic heterocycles. The summed E-state index contributed by atoms with van der Waals surface area (Å²) in [5, 5.41) is 11.0. The normalized spacial score (nSPS) is 14.4. The lowest BCUT2D eigenvalue weighted by Crippen LogP contribution is -2.30. The molecule has 2 atom stereocenters. The van der Waals surface area contributed by atoms with E-state index in [1.807, 2.05) is 44.2 Å². The van der Waals surface area contributed by atoms with E-state index in [1.54, 1.807) is 11.8 Å². The number of thioether (sulfide) groups is 1. The average molecular weight is 239 g/mol. The van der Waals surface area contributed by atoms with Crippen LogP contribution in [0.1, 0.15) is 26.7 Å². The van der Waals surface area contributed by atoms with Crippen molar-refractivity contribution in [3.05, 3.63) is 40.4 Å². The highest BCUT2D eigenvalue weighted by Gasteiger charge is 2.28. The molecule has 1 rings (SSSR count). The van der Waals surface area contributed by atoms with Crippen molar-refractivity contribution in [2.45, 2.75) is 42.9 Å². The second kappa shape index (κ2) is 6.53. The van der Waals surface area contributed by atoms with Crippen molar-refractivity contribution in [2.75, 3.05) is 0 Å². The second-order valence-corrected chi connectivity index (χ2v) is 4.95. The van der Waals surface area contributed by atoms with Crippen LogP contribution in [-0.2, 0) is 0 Å². The van der Waals surface area contributed by atoms with Crippen molar-refractivity contribution < 1.29 is 4.92 Å². The van der Waals surface area contributed by atoms with E-state index in [2.05, 4.69) is 0 Å². The van der Waals surface area contributed by atoms with Crippen LogP contribution in [0.15, 0.2) is 35.2 Å². The van der Waals surface area contributed by atoms with E-state index in [0.717, 1.165) is 11.3 Å². The fourth-order valence-electron chi connectivity index (χ4n) is 1.66. The fraction of sp³-hybridized carbons (Fsp3) is 0.500. The predicted molar refractivity (Wildman–Crippen MR) is 67.5 cm³/mol. The van der Waals surface area contributed by atoms with E-state index in [0.29, 0.717) is 6.42 Å². The summed E-state index contributed by atoms with van der Waals surface area (Å²) in [5.74, 6) is 0. The first-order valence-corrected chi connectivity index (χ1v) is 6.42. The zero-order valence-corrected chi connectivity index (χ0v) is 10.4. The summed E-state index contributed by atoms with van der Waals surface area (Å²) in [6.45, 7) is 3.88. The molecule has 4 heteroatoms. The predicted octanol–water partition coefficient (Wildman–Crippen LogP) is 3.61. The molecule has 0 saturated heterocycles. The van der Waals surface area contributed by atoms with Crippen LogP contribution in [0.25, 0.3) is 0 Å². The van der Waals surface area contributed by atoms with Gasteiger partial charge in [-0.2, -0.15) is 0 Å². The third-order valence-corrected chi connectivity index (χ3v) is 4.05. The molecule has 0 aromatic heterocycles. The Morgan fingerprint density at radius 2 is 1.88 bits per heavy atom. The summed E-state index contributed by atoms with van der Waals surface area (Å²) in [6.07, 6.45) is 1.41. The Balaban J connectivity index is 2.71. The zero-order valence-electron chi connectivity index (χ0n) is 9.63. The lowest BCUT2D eigenvalue weighted by Gasteiger charge is -2.17. The van der Waals surface area contributed by atoms with Crippen LogP contribution < -0.4 is 0 Å². The minimum absolute atomic E-state index is 0.0578. The number of nitrogens with zero attached hydrogens (tertiary/aromatic N) is 1. The zero-order chi connectivity index (χ0) is 12.0. The van der Waals surface area contributed by atoms with Gasteiger partial charge < -0.3 is 0 Å². The van der Waals surface area contributed by atoms with Gasteiger partial charge in [0.2, 0.25) is 6.04 Å². The Labute approximate surface area is 100 Å². The molecule has 0 aliphatic carbocycles. The molecule has 16 heavy (non-hydrogen) atoms. The van der Waals surface area contributed by atoms with Gasteiger partial charge in [-0.15, -0.1) is 11.8 Å². The molecule has 0 bridgehead atoms. The van der Waals surface area contributed by atoms with Gasteiger partial charge in [0.05, 0.1) is 5.25 Å². The number of benzene rings is 1. The smallest absolute Gasteiger partial charge is 0.224 e. The van der Waals surface area contributed by atoms with E-state index in [1.165, 1.54) is 0 Å². The van der Waals surface area contributed by atoms with Gasteiger partial charge in [-0.05, 0) is 18.6 Å². The molecule has 1 aromatic rings. The molecule has 0 N–H and O–H groups in total. The van der Waals surface area contributed by atoms with Crippen molar-refractivity contribution in [3.8, 4) is 0 Å². The van der Waals surface area contributed by atoms with Crippen LogP contribution >= 0.6 is 11.8 Å². The van der Waals surface area contributed by atoms with Gasteiger partial charge in [0.1, 0.15) is 0 Å². The third-order valence-electron chi connectivity index (χ3n) is 2.55. The summed E-state index contributed by atoms with van der Waals surface area (Å²) in [4.78, 5) is 11.9. The molecule has 1 aromatic carbocycles. The van der Waals surface area contributed by atoms with Crippen LogP contribution in [0.2, 0.25) is 0 Å². The van der Waals surface area contributed by atoms with Crippen molar-refractivity contribution in [2.24, 2.45) is 0 Å².